The first-order chi connectivity index (χ1) is 8.66. The van der Waals surface area contributed by atoms with Crippen molar-refractivity contribution in [2.24, 2.45) is 7.05 Å². The summed E-state index contributed by atoms with van der Waals surface area (Å²) in [7, 11) is 1.82. The molecule has 0 aliphatic carbocycles. The van der Waals surface area contributed by atoms with Crippen LogP contribution in [0.1, 0.15) is 11.5 Å². The second-order valence-electron chi connectivity index (χ2n) is 4.09. The number of hydrogen-bond acceptors (Lipinski definition) is 3. The van der Waals surface area contributed by atoms with Gasteiger partial charge in [0.25, 0.3) is 0 Å². The van der Waals surface area contributed by atoms with Crippen LogP contribution in [0.5, 0.6) is 0 Å². The van der Waals surface area contributed by atoms with Gasteiger partial charge in [0.2, 0.25) is 0 Å². The number of benzene rings is 1. The zero-order chi connectivity index (χ0) is 13.0. The van der Waals surface area contributed by atoms with Crippen molar-refractivity contribution in [1.29, 1.82) is 0 Å². The predicted octanol–water partition coefficient (Wildman–Crippen LogP) is 1.70. The fraction of sp³-hybridized carbons (Fsp3) is 0.231. The lowest BCUT2D eigenvalue weighted by atomic mass is 9.99. The highest BCUT2D eigenvalue weighted by molar-refractivity contribution is 5.76. The van der Waals surface area contributed by atoms with Crippen LogP contribution in [-0.2, 0) is 11.8 Å². The number of carboxylic acid groups (broad SMARTS) is 1. The molecule has 0 radical (unpaired) electrons. The Hall–Kier alpha value is -2.30. The minimum Gasteiger partial charge on any atom is -0.481 e. The molecule has 0 saturated heterocycles. The molecule has 0 spiro atoms. The molecule has 18 heavy (non-hydrogen) atoms. The smallest absolute Gasteiger partial charge is 0.312 e. The van der Waals surface area contributed by atoms with Crippen molar-refractivity contribution in [1.82, 2.24) is 9.78 Å². The number of carboxylic acids is 1. The van der Waals surface area contributed by atoms with Crippen LogP contribution in [-0.4, -0.2) is 27.4 Å². The van der Waals surface area contributed by atoms with E-state index in [1.807, 2.05) is 43.6 Å². The zero-order valence-electron chi connectivity index (χ0n) is 10.1. The first-order valence-electron chi connectivity index (χ1n) is 5.67. The summed E-state index contributed by atoms with van der Waals surface area (Å²) in [6, 6.07) is 9.20. The largest absolute Gasteiger partial charge is 0.481 e. The van der Waals surface area contributed by atoms with Gasteiger partial charge < -0.3 is 10.4 Å². The summed E-state index contributed by atoms with van der Waals surface area (Å²) in [4.78, 5) is 11.3. The fourth-order valence-corrected chi connectivity index (χ4v) is 1.77. The Bertz CT molecular complexity index is 522. The third-order valence-corrected chi connectivity index (χ3v) is 2.72. The molecule has 1 aromatic carbocycles. The highest BCUT2D eigenvalue weighted by atomic mass is 16.4. The number of hydrogen-bond donors (Lipinski definition) is 2. The number of rotatable bonds is 5. The SMILES string of the molecule is Cn1cc(NCC(C(=O)O)c2ccccc2)cn1. The number of aryl methyl sites for hydroxylation is 1. The van der Waals surface area contributed by atoms with Gasteiger partial charge in [0.1, 0.15) is 0 Å². The molecule has 5 heteroatoms. The van der Waals surface area contributed by atoms with E-state index in [2.05, 4.69) is 10.4 Å². The maximum atomic E-state index is 11.3. The molecular weight excluding hydrogens is 230 g/mol. The van der Waals surface area contributed by atoms with Gasteiger partial charge in [0.15, 0.2) is 0 Å². The van der Waals surface area contributed by atoms with Gasteiger partial charge in [-0.15, -0.1) is 0 Å². The first kappa shape index (κ1) is 12.2. The summed E-state index contributed by atoms with van der Waals surface area (Å²) in [6.45, 7) is 0.338. The van der Waals surface area contributed by atoms with Gasteiger partial charge in [-0.3, -0.25) is 9.48 Å². The number of carbonyl (C=O) groups is 1. The first-order valence-corrected chi connectivity index (χ1v) is 5.67. The van der Waals surface area contributed by atoms with E-state index >= 15 is 0 Å². The van der Waals surface area contributed by atoms with E-state index in [-0.39, 0.29) is 0 Å². The van der Waals surface area contributed by atoms with E-state index in [0.717, 1.165) is 11.3 Å². The Balaban J connectivity index is 2.06. The monoisotopic (exact) mass is 245 g/mol. The van der Waals surface area contributed by atoms with Crippen molar-refractivity contribution in [2.75, 3.05) is 11.9 Å². The van der Waals surface area contributed by atoms with Gasteiger partial charge in [-0.05, 0) is 5.56 Å². The third kappa shape index (κ3) is 2.88. The van der Waals surface area contributed by atoms with E-state index in [1.54, 1.807) is 10.9 Å². The molecule has 0 bridgehead atoms. The predicted molar refractivity (Wildman–Crippen MR) is 68.5 cm³/mol. The van der Waals surface area contributed by atoms with E-state index in [4.69, 9.17) is 0 Å². The molecule has 1 heterocycles. The number of aliphatic carboxylic acids is 1. The van der Waals surface area contributed by atoms with Crippen LogP contribution in [0.3, 0.4) is 0 Å². The van der Waals surface area contributed by atoms with Crippen molar-refractivity contribution in [2.45, 2.75) is 5.92 Å². The van der Waals surface area contributed by atoms with E-state index in [9.17, 15) is 9.90 Å². The van der Waals surface area contributed by atoms with Gasteiger partial charge in [0, 0.05) is 19.8 Å². The van der Waals surface area contributed by atoms with E-state index < -0.39 is 11.9 Å². The number of nitrogens with one attached hydrogen (secondary N) is 1. The maximum absolute atomic E-state index is 11.3. The molecule has 1 atom stereocenters. The quantitative estimate of drug-likeness (QED) is 0.841. The normalized spacial score (nSPS) is 12.1. The lowest BCUT2D eigenvalue weighted by Gasteiger charge is -2.13. The molecular formula is C13H15N3O2. The second-order valence-corrected chi connectivity index (χ2v) is 4.09. The Morgan fingerprint density at radius 3 is 2.72 bits per heavy atom. The summed E-state index contributed by atoms with van der Waals surface area (Å²) >= 11 is 0. The van der Waals surface area contributed by atoms with Crippen molar-refractivity contribution in [3.8, 4) is 0 Å². The molecule has 5 nitrogen and oxygen atoms in total. The standard InChI is InChI=1S/C13H15N3O2/c1-16-9-11(7-15-16)14-8-12(13(17)18)10-5-3-2-4-6-10/h2-7,9,12,14H,8H2,1H3,(H,17,18). The van der Waals surface area contributed by atoms with Crippen molar-refractivity contribution < 1.29 is 9.90 Å². The molecule has 0 aliphatic rings. The molecule has 2 aromatic rings. The molecule has 0 fully saturated rings. The highest BCUT2D eigenvalue weighted by Gasteiger charge is 2.19. The average molecular weight is 245 g/mol. The van der Waals surface area contributed by atoms with Gasteiger partial charge in [-0.1, -0.05) is 30.3 Å². The van der Waals surface area contributed by atoms with E-state index in [0.29, 0.717) is 6.54 Å². The third-order valence-electron chi connectivity index (χ3n) is 2.72. The van der Waals surface area contributed by atoms with E-state index in [1.165, 1.54) is 0 Å². The van der Waals surface area contributed by atoms with Crippen molar-refractivity contribution in [3.63, 3.8) is 0 Å². The minimum absolute atomic E-state index is 0.338. The number of aromatic nitrogens is 2. The summed E-state index contributed by atoms with van der Waals surface area (Å²) in [5.41, 5.74) is 1.61. The van der Waals surface area contributed by atoms with Crippen molar-refractivity contribution in [3.05, 3.63) is 48.3 Å². The minimum atomic E-state index is -0.836. The molecule has 2 N–H and O–H groups in total. The molecule has 0 saturated carbocycles. The number of anilines is 1. The van der Waals surface area contributed by atoms with Gasteiger partial charge >= 0.3 is 5.97 Å². The molecule has 0 aliphatic heterocycles. The topological polar surface area (TPSA) is 67.2 Å². The van der Waals surface area contributed by atoms with Crippen LogP contribution in [0, 0.1) is 0 Å². The summed E-state index contributed by atoms with van der Waals surface area (Å²) < 4.78 is 1.67. The lowest BCUT2D eigenvalue weighted by Crippen LogP contribution is -2.20. The van der Waals surface area contributed by atoms with Crippen LogP contribution in [0.15, 0.2) is 42.7 Å². The Morgan fingerprint density at radius 2 is 2.17 bits per heavy atom. The maximum Gasteiger partial charge on any atom is 0.312 e. The number of nitrogens with zero attached hydrogens (tertiary/aromatic N) is 2. The van der Waals surface area contributed by atoms with Gasteiger partial charge in [0.05, 0.1) is 17.8 Å². The van der Waals surface area contributed by atoms with Crippen LogP contribution in [0.4, 0.5) is 5.69 Å². The van der Waals surface area contributed by atoms with Crippen LogP contribution in [0.25, 0.3) is 0 Å². The van der Waals surface area contributed by atoms with Crippen LogP contribution < -0.4 is 5.32 Å². The average Bonchev–Trinajstić information content (AvgIpc) is 2.76. The summed E-state index contributed by atoms with van der Waals surface area (Å²) in [5, 5.41) is 16.3. The summed E-state index contributed by atoms with van der Waals surface area (Å²) in [5.74, 6) is -1.40. The zero-order valence-corrected chi connectivity index (χ0v) is 10.1. The Labute approximate surface area is 105 Å². The second kappa shape index (κ2) is 5.35. The van der Waals surface area contributed by atoms with Crippen LogP contribution >= 0.6 is 0 Å². The van der Waals surface area contributed by atoms with Gasteiger partial charge in [-0.25, -0.2) is 0 Å². The molecule has 94 valence electrons. The Kier molecular flexibility index (Phi) is 3.62. The Morgan fingerprint density at radius 1 is 1.44 bits per heavy atom. The fourth-order valence-electron chi connectivity index (χ4n) is 1.77. The molecule has 2 rings (SSSR count). The van der Waals surface area contributed by atoms with Crippen LogP contribution in [0.2, 0.25) is 0 Å². The molecule has 0 amide bonds. The molecule has 1 unspecified atom stereocenters. The summed E-state index contributed by atoms with van der Waals surface area (Å²) in [6.07, 6.45) is 3.48. The highest BCUT2D eigenvalue weighted by Crippen LogP contribution is 2.17. The van der Waals surface area contributed by atoms with Crippen molar-refractivity contribution >= 4 is 11.7 Å². The lowest BCUT2D eigenvalue weighted by molar-refractivity contribution is -0.138. The molecule has 1 aromatic heterocycles. The van der Waals surface area contributed by atoms with Gasteiger partial charge in [-0.2, -0.15) is 5.10 Å².